The molecule has 2 aromatic rings. The van der Waals surface area contributed by atoms with Crippen molar-refractivity contribution in [2.75, 3.05) is 0 Å². The van der Waals surface area contributed by atoms with Gasteiger partial charge in [0.05, 0.1) is 11.6 Å². The Morgan fingerprint density at radius 2 is 1.71 bits per heavy atom. The van der Waals surface area contributed by atoms with Gasteiger partial charge in [0.1, 0.15) is 40.9 Å². The van der Waals surface area contributed by atoms with Crippen molar-refractivity contribution in [3.8, 4) is 17.6 Å². The highest BCUT2D eigenvalue weighted by Gasteiger charge is 2.74. The van der Waals surface area contributed by atoms with Crippen LogP contribution in [0.15, 0.2) is 30.3 Å². The van der Waals surface area contributed by atoms with Crippen LogP contribution >= 0.6 is 0 Å². The van der Waals surface area contributed by atoms with Gasteiger partial charge in [-0.2, -0.15) is 22.8 Å². The van der Waals surface area contributed by atoms with Gasteiger partial charge < -0.3 is 4.74 Å². The molecule has 2 aromatic carbocycles. The average Bonchev–Trinajstić information content (AvgIpc) is 2.90. The number of nitriles is 1. The Bertz CT molecular complexity index is 1050. The summed E-state index contributed by atoms with van der Waals surface area (Å²) in [5, 5.41) is 7.83. The maximum atomic E-state index is 14.7. The molecule has 0 N–H and O–H groups in total. The van der Waals surface area contributed by atoms with Gasteiger partial charge >= 0.3 is 11.8 Å². The average molecular weight is 387 g/mol. The quantitative estimate of drug-likeness (QED) is 0.586. The summed E-state index contributed by atoms with van der Waals surface area (Å²) in [6, 6.07) is 7.35. The summed E-state index contributed by atoms with van der Waals surface area (Å²) < 4.78 is 77.8. The standard InChI is InChI=1S/C18H13B3F5NO/c19-15-13-11(28-9-4-7(6-27)3-8(22)5-9)2-1-10-12(13)14(16(15,20)21)18(25,26)17(10,23)24/h1-5,14-15H,19-21H2. The first-order valence-corrected chi connectivity index (χ1v) is 8.74. The predicted molar refractivity (Wildman–Crippen MR) is 100 cm³/mol. The van der Waals surface area contributed by atoms with Gasteiger partial charge in [0.15, 0.2) is 0 Å². The molecule has 0 spiro atoms. The number of hydrogen-bond donors (Lipinski definition) is 0. The Hall–Kier alpha value is -2.43. The molecule has 2 nitrogen and oxygen atoms in total. The van der Waals surface area contributed by atoms with Crippen LogP contribution in [0.1, 0.15) is 34.0 Å². The monoisotopic (exact) mass is 387 g/mol. The van der Waals surface area contributed by atoms with Gasteiger partial charge in [-0.05, 0) is 41.2 Å². The van der Waals surface area contributed by atoms with Crippen LogP contribution < -0.4 is 4.74 Å². The molecule has 140 valence electrons. The van der Waals surface area contributed by atoms with E-state index in [1.807, 2.05) is 0 Å². The molecule has 0 aromatic heterocycles. The lowest BCUT2D eigenvalue weighted by molar-refractivity contribution is -0.216. The van der Waals surface area contributed by atoms with E-state index in [0.717, 1.165) is 18.2 Å². The molecule has 0 bridgehead atoms. The van der Waals surface area contributed by atoms with E-state index in [9.17, 15) is 22.0 Å². The number of halogens is 5. The molecule has 2 atom stereocenters. The molecule has 0 radical (unpaired) electrons. The number of alkyl halides is 4. The summed E-state index contributed by atoms with van der Waals surface area (Å²) in [7, 11) is 4.78. The van der Waals surface area contributed by atoms with Crippen molar-refractivity contribution in [2.24, 2.45) is 0 Å². The maximum absolute atomic E-state index is 14.7. The Balaban J connectivity index is 1.91. The minimum Gasteiger partial charge on any atom is -0.457 e. The number of ether oxygens (including phenoxy) is 1. The van der Waals surface area contributed by atoms with E-state index >= 15 is 0 Å². The summed E-state index contributed by atoms with van der Waals surface area (Å²) in [5.41, 5.74) is -0.454. The predicted octanol–water partition coefficient (Wildman–Crippen LogP) is 2.38. The number of benzene rings is 2. The largest absolute Gasteiger partial charge is 0.457 e. The zero-order valence-electron chi connectivity index (χ0n) is 15.3. The summed E-state index contributed by atoms with van der Waals surface area (Å²) in [4.78, 5) is 0. The van der Waals surface area contributed by atoms with Gasteiger partial charge in [0, 0.05) is 17.5 Å². The third-order valence-corrected chi connectivity index (χ3v) is 6.18. The van der Waals surface area contributed by atoms with Crippen molar-refractivity contribution in [2.45, 2.75) is 28.8 Å². The molecule has 28 heavy (non-hydrogen) atoms. The second-order valence-electron chi connectivity index (χ2n) is 8.00. The lowest BCUT2D eigenvalue weighted by Gasteiger charge is -2.36. The number of rotatable bonds is 2. The van der Waals surface area contributed by atoms with Crippen LogP contribution in [0.5, 0.6) is 11.5 Å². The second kappa shape index (κ2) is 5.56. The molecule has 0 saturated carbocycles. The number of nitrogens with zero attached hydrogens (tertiary/aromatic N) is 1. The molecule has 0 saturated heterocycles. The molecule has 2 aliphatic rings. The van der Waals surface area contributed by atoms with Crippen LogP contribution in [0, 0.1) is 17.1 Å². The van der Waals surface area contributed by atoms with E-state index in [2.05, 4.69) is 0 Å². The van der Waals surface area contributed by atoms with E-state index in [-0.39, 0.29) is 28.2 Å². The fraction of sp³-hybridized carbons (Fsp3) is 0.278. The molecule has 0 heterocycles. The van der Waals surface area contributed by atoms with Crippen LogP contribution in [-0.2, 0) is 5.92 Å². The van der Waals surface area contributed by atoms with Gasteiger partial charge in [-0.1, -0.05) is 5.21 Å². The first-order chi connectivity index (χ1) is 12.9. The van der Waals surface area contributed by atoms with E-state index in [1.54, 1.807) is 29.6 Å². The Labute approximate surface area is 160 Å². The van der Waals surface area contributed by atoms with Gasteiger partial charge in [0.25, 0.3) is 0 Å². The zero-order valence-corrected chi connectivity index (χ0v) is 15.3. The smallest absolute Gasteiger partial charge is 0.336 e. The first-order valence-electron chi connectivity index (χ1n) is 8.74. The van der Waals surface area contributed by atoms with Crippen molar-refractivity contribution >= 4 is 23.5 Å². The Morgan fingerprint density at radius 1 is 1.04 bits per heavy atom. The molecule has 2 unspecified atom stereocenters. The Kier molecular flexibility index (Phi) is 3.75. The van der Waals surface area contributed by atoms with Crippen LogP contribution in [0.25, 0.3) is 0 Å². The molecular weight excluding hydrogens is 374 g/mol. The third-order valence-electron chi connectivity index (χ3n) is 6.18. The molecule has 10 heteroatoms. The van der Waals surface area contributed by atoms with Crippen LogP contribution in [0.2, 0.25) is 5.21 Å². The highest BCUT2D eigenvalue weighted by atomic mass is 19.3. The Morgan fingerprint density at radius 3 is 2.36 bits per heavy atom. The van der Waals surface area contributed by atoms with Gasteiger partial charge in [0.2, 0.25) is 0 Å². The summed E-state index contributed by atoms with van der Waals surface area (Å²) in [6.45, 7) is 0. The fourth-order valence-electron chi connectivity index (χ4n) is 4.55. The molecule has 4 rings (SSSR count). The molecule has 0 fully saturated rings. The third kappa shape index (κ3) is 2.22. The van der Waals surface area contributed by atoms with E-state index < -0.39 is 40.2 Å². The molecule has 0 amide bonds. The summed E-state index contributed by atoms with van der Waals surface area (Å²) in [5.74, 6) is -11.2. The maximum Gasteiger partial charge on any atom is 0.336 e. The van der Waals surface area contributed by atoms with Crippen molar-refractivity contribution in [1.29, 1.82) is 5.26 Å². The normalized spacial score (nSPS) is 25.1. The summed E-state index contributed by atoms with van der Waals surface area (Å²) >= 11 is 0. The SMILES string of the molecule is BC1c2c(Oc3cc(F)cc(C#N)c3)ccc3c2C(C1(B)B)C(F)(F)C3(F)F. The molecule has 0 aliphatic heterocycles. The summed E-state index contributed by atoms with van der Waals surface area (Å²) in [6.07, 6.45) is 0. The van der Waals surface area contributed by atoms with Crippen molar-refractivity contribution < 1.29 is 26.7 Å². The highest BCUT2D eigenvalue weighted by Crippen LogP contribution is 2.72. The highest BCUT2D eigenvalue weighted by molar-refractivity contribution is 6.45. The van der Waals surface area contributed by atoms with Crippen molar-refractivity contribution in [3.63, 3.8) is 0 Å². The van der Waals surface area contributed by atoms with E-state index in [1.165, 1.54) is 12.1 Å². The molecular formula is C18H13B3F5NO. The lowest BCUT2D eigenvalue weighted by Crippen LogP contribution is -2.42. The van der Waals surface area contributed by atoms with Crippen LogP contribution in [-0.4, -0.2) is 29.5 Å². The fourth-order valence-corrected chi connectivity index (χ4v) is 4.55. The second-order valence-corrected chi connectivity index (χ2v) is 8.00. The van der Waals surface area contributed by atoms with Crippen molar-refractivity contribution in [1.82, 2.24) is 0 Å². The van der Waals surface area contributed by atoms with Crippen LogP contribution in [0.4, 0.5) is 22.0 Å². The minimum absolute atomic E-state index is 0.00211. The van der Waals surface area contributed by atoms with Gasteiger partial charge in [-0.15, -0.1) is 0 Å². The molecule has 2 aliphatic carbocycles. The van der Waals surface area contributed by atoms with Gasteiger partial charge in [-0.25, -0.2) is 4.39 Å². The zero-order chi connectivity index (χ0) is 20.6. The van der Waals surface area contributed by atoms with Crippen LogP contribution in [0.3, 0.4) is 0 Å². The van der Waals surface area contributed by atoms with Crippen molar-refractivity contribution in [3.05, 3.63) is 58.4 Å². The number of hydrogen-bond acceptors (Lipinski definition) is 2. The first kappa shape index (κ1) is 18.9. The van der Waals surface area contributed by atoms with E-state index in [4.69, 9.17) is 10.00 Å². The minimum atomic E-state index is -4.27. The topological polar surface area (TPSA) is 33.0 Å². The lowest BCUT2D eigenvalue weighted by atomic mass is 9.40. The van der Waals surface area contributed by atoms with E-state index in [0.29, 0.717) is 0 Å². The van der Waals surface area contributed by atoms with Gasteiger partial charge in [-0.3, -0.25) is 0 Å².